The molecule has 2 rings (SSSR count). The van der Waals surface area contributed by atoms with Crippen molar-refractivity contribution in [2.75, 3.05) is 0 Å². The quantitative estimate of drug-likeness (QED) is 0.549. The third-order valence-electron chi connectivity index (χ3n) is 3.49. The first kappa shape index (κ1) is 17.0. The van der Waals surface area contributed by atoms with Crippen LogP contribution >= 0.6 is 28.1 Å². The van der Waals surface area contributed by atoms with Gasteiger partial charge in [-0.15, -0.1) is 0 Å². The summed E-state index contributed by atoms with van der Waals surface area (Å²) in [6.07, 6.45) is 4.08. The van der Waals surface area contributed by atoms with Crippen molar-refractivity contribution in [1.82, 2.24) is 16.2 Å². The van der Waals surface area contributed by atoms with Crippen LogP contribution in [-0.2, 0) is 4.79 Å². The van der Waals surface area contributed by atoms with Crippen LogP contribution in [0.15, 0.2) is 28.7 Å². The lowest BCUT2D eigenvalue weighted by Gasteiger charge is -2.18. The molecular formula is C15H20BrN3O2S. The Morgan fingerprint density at radius 2 is 1.91 bits per heavy atom. The second-order valence-electron chi connectivity index (χ2n) is 5.28. The first-order valence-electron chi connectivity index (χ1n) is 7.33. The molecule has 3 N–H and O–H groups in total. The summed E-state index contributed by atoms with van der Waals surface area (Å²) in [4.78, 5) is 12.0. The van der Waals surface area contributed by atoms with Gasteiger partial charge < -0.3 is 10.1 Å². The predicted octanol–water partition coefficient (Wildman–Crippen LogP) is 2.65. The minimum absolute atomic E-state index is 0.279. The maximum Gasteiger partial charge on any atom is 0.279 e. The van der Waals surface area contributed by atoms with Crippen LogP contribution in [-0.4, -0.2) is 23.2 Å². The minimum Gasteiger partial charge on any atom is -0.481 e. The lowest BCUT2D eigenvalue weighted by molar-refractivity contribution is -0.127. The summed E-state index contributed by atoms with van der Waals surface area (Å²) in [5.41, 5.74) is 5.28. The van der Waals surface area contributed by atoms with E-state index in [1.165, 1.54) is 12.8 Å². The van der Waals surface area contributed by atoms with E-state index in [-0.39, 0.29) is 5.91 Å². The van der Waals surface area contributed by atoms with E-state index in [2.05, 4.69) is 32.1 Å². The third kappa shape index (κ3) is 5.46. The molecule has 0 bridgehead atoms. The molecule has 0 radical (unpaired) electrons. The van der Waals surface area contributed by atoms with Crippen molar-refractivity contribution in [2.24, 2.45) is 0 Å². The van der Waals surface area contributed by atoms with Gasteiger partial charge >= 0.3 is 0 Å². The first-order valence-corrected chi connectivity index (χ1v) is 8.53. The summed E-state index contributed by atoms with van der Waals surface area (Å²) < 4.78 is 6.52. The van der Waals surface area contributed by atoms with E-state index in [0.717, 1.165) is 17.3 Å². The van der Waals surface area contributed by atoms with Crippen LogP contribution < -0.4 is 20.9 Å². The molecule has 1 atom stereocenters. The van der Waals surface area contributed by atoms with E-state index >= 15 is 0 Å². The standard InChI is InChI=1S/C15H20BrN3O2S/c1-10(21-13-8-6-11(16)7-9-13)14(20)18-19-15(22)17-12-4-2-3-5-12/h6-10,12H,2-5H2,1H3,(H,18,20)(H2,17,19,22)/t10-/m0/s1. The molecule has 0 aliphatic heterocycles. The van der Waals surface area contributed by atoms with E-state index < -0.39 is 6.10 Å². The molecular weight excluding hydrogens is 366 g/mol. The molecule has 0 saturated heterocycles. The molecule has 7 heteroatoms. The zero-order chi connectivity index (χ0) is 15.9. The highest BCUT2D eigenvalue weighted by atomic mass is 79.9. The van der Waals surface area contributed by atoms with Gasteiger partial charge in [0.25, 0.3) is 5.91 Å². The molecule has 1 aliphatic carbocycles. The molecule has 0 heterocycles. The molecule has 0 unspecified atom stereocenters. The number of carbonyl (C=O) groups excluding carboxylic acids is 1. The number of thiocarbonyl (C=S) groups is 1. The number of amides is 1. The SMILES string of the molecule is C[C@H](Oc1ccc(Br)cc1)C(=O)NNC(=S)NC1CCCC1. The molecule has 1 aromatic rings. The number of benzene rings is 1. The maximum absolute atomic E-state index is 12.0. The fourth-order valence-electron chi connectivity index (χ4n) is 2.28. The van der Waals surface area contributed by atoms with Gasteiger partial charge in [-0.2, -0.15) is 0 Å². The lowest BCUT2D eigenvalue weighted by atomic mass is 10.3. The van der Waals surface area contributed by atoms with Crippen molar-refractivity contribution in [3.8, 4) is 5.75 Å². The second-order valence-corrected chi connectivity index (χ2v) is 6.61. The number of rotatable bonds is 4. The molecule has 1 amide bonds. The highest BCUT2D eigenvalue weighted by molar-refractivity contribution is 9.10. The normalized spacial score (nSPS) is 15.9. The van der Waals surface area contributed by atoms with E-state index in [9.17, 15) is 4.79 Å². The van der Waals surface area contributed by atoms with Crippen LogP contribution in [0.2, 0.25) is 0 Å². The molecule has 22 heavy (non-hydrogen) atoms. The first-order chi connectivity index (χ1) is 10.5. The van der Waals surface area contributed by atoms with Crippen molar-refractivity contribution in [1.29, 1.82) is 0 Å². The number of carbonyl (C=O) groups is 1. The van der Waals surface area contributed by atoms with Crippen LogP contribution in [0.5, 0.6) is 5.75 Å². The monoisotopic (exact) mass is 385 g/mol. The van der Waals surface area contributed by atoms with Gasteiger partial charge in [-0.25, -0.2) is 0 Å². The van der Waals surface area contributed by atoms with Crippen LogP contribution in [0.25, 0.3) is 0 Å². The average Bonchev–Trinajstić information content (AvgIpc) is 3.00. The number of hydrogen-bond acceptors (Lipinski definition) is 3. The van der Waals surface area contributed by atoms with E-state index in [0.29, 0.717) is 16.9 Å². The summed E-state index contributed by atoms with van der Waals surface area (Å²) in [7, 11) is 0. The predicted molar refractivity (Wildman–Crippen MR) is 93.5 cm³/mol. The Kier molecular flexibility index (Phi) is 6.45. The highest BCUT2D eigenvalue weighted by Gasteiger charge is 2.17. The Hall–Kier alpha value is -1.34. The molecule has 1 fully saturated rings. The molecule has 120 valence electrons. The smallest absolute Gasteiger partial charge is 0.279 e. The molecule has 0 spiro atoms. The largest absolute Gasteiger partial charge is 0.481 e. The van der Waals surface area contributed by atoms with Gasteiger partial charge in [0, 0.05) is 10.5 Å². The fourth-order valence-corrected chi connectivity index (χ4v) is 2.76. The van der Waals surface area contributed by atoms with Gasteiger partial charge in [0.2, 0.25) is 0 Å². The maximum atomic E-state index is 12.0. The summed E-state index contributed by atoms with van der Waals surface area (Å²) in [5.74, 6) is 0.357. The zero-order valence-corrected chi connectivity index (χ0v) is 14.8. The number of halogens is 1. The molecule has 1 aliphatic rings. The molecule has 0 aromatic heterocycles. The van der Waals surface area contributed by atoms with Gasteiger partial charge in [-0.1, -0.05) is 28.8 Å². The van der Waals surface area contributed by atoms with E-state index in [4.69, 9.17) is 17.0 Å². The Morgan fingerprint density at radius 1 is 1.27 bits per heavy atom. The zero-order valence-electron chi connectivity index (χ0n) is 12.4. The minimum atomic E-state index is -0.622. The number of hydrogen-bond donors (Lipinski definition) is 3. The lowest BCUT2D eigenvalue weighted by Crippen LogP contribution is -2.52. The van der Waals surface area contributed by atoms with Crippen molar-refractivity contribution < 1.29 is 9.53 Å². The summed E-state index contributed by atoms with van der Waals surface area (Å²) in [6, 6.07) is 7.73. The van der Waals surface area contributed by atoms with Gasteiger partial charge in [-0.05, 0) is 56.2 Å². The Morgan fingerprint density at radius 3 is 2.55 bits per heavy atom. The van der Waals surface area contributed by atoms with Gasteiger partial charge in [0.1, 0.15) is 5.75 Å². The van der Waals surface area contributed by atoms with Crippen LogP contribution in [0.4, 0.5) is 0 Å². The van der Waals surface area contributed by atoms with Crippen LogP contribution in [0, 0.1) is 0 Å². The number of hydrazine groups is 1. The van der Waals surface area contributed by atoms with Gasteiger partial charge in [-0.3, -0.25) is 15.6 Å². The number of ether oxygens (including phenoxy) is 1. The van der Waals surface area contributed by atoms with Crippen molar-refractivity contribution in [2.45, 2.75) is 44.8 Å². The van der Waals surface area contributed by atoms with E-state index in [1.54, 1.807) is 19.1 Å². The third-order valence-corrected chi connectivity index (χ3v) is 4.23. The fraction of sp³-hybridized carbons (Fsp3) is 0.467. The highest BCUT2D eigenvalue weighted by Crippen LogP contribution is 2.18. The van der Waals surface area contributed by atoms with Crippen LogP contribution in [0.3, 0.4) is 0 Å². The van der Waals surface area contributed by atoms with E-state index in [1.807, 2.05) is 12.1 Å². The second kappa shape index (κ2) is 8.33. The van der Waals surface area contributed by atoms with Gasteiger partial charge in [0.15, 0.2) is 11.2 Å². The number of nitrogens with one attached hydrogen (secondary N) is 3. The molecule has 1 saturated carbocycles. The molecule has 5 nitrogen and oxygen atoms in total. The van der Waals surface area contributed by atoms with Crippen molar-refractivity contribution >= 4 is 39.2 Å². The van der Waals surface area contributed by atoms with Crippen molar-refractivity contribution in [3.63, 3.8) is 0 Å². The Balaban J connectivity index is 1.71. The topological polar surface area (TPSA) is 62.4 Å². The van der Waals surface area contributed by atoms with Crippen molar-refractivity contribution in [3.05, 3.63) is 28.7 Å². The van der Waals surface area contributed by atoms with Gasteiger partial charge in [0.05, 0.1) is 0 Å². The van der Waals surface area contributed by atoms with Crippen LogP contribution in [0.1, 0.15) is 32.6 Å². The summed E-state index contributed by atoms with van der Waals surface area (Å²) >= 11 is 8.51. The average molecular weight is 386 g/mol. The summed E-state index contributed by atoms with van der Waals surface area (Å²) in [5, 5.41) is 3.63. The summed E-state index contributed by atoms with van der Waals surface area (Å²) in [6.45, 7) is 1.69. The Bertz CT molecular complexity index is 518. The molecule has 1 aromatic carbocycles. The Labute approximate surface area is 144 Å².